The van der Waals surface area contributed by atoms with Gasteiger partial charge >= 0.3 is 6.03 Å². The largest absolute Gasteiger partial charge is 0.346 e. The second-order valence-corrected chi connectivity index (χ2v) is 3.19. The molecule has 2 amide bonds. The van der Waals surface area contributed by atoms with Gasteiger partial charge in [-0.2, -0.15) is 5.06 Å². The minimum Gasteiger partial charge on any atom is -0.327 e. The maximum Gasteiger partial charge on any atom is 0.346 e. The van der Waals surface area contributed by atoms with Crippen molar-refractivity contribution in [2.75, 3.05) is 12.2 Å². The molecule has 1 atom stereocenters. The number of hydroxylamine groups is 1. The Bertz CT molecular complexity index is 354. The van der Waals surface area contributed by atoms with Gasteiger partial charge in [0.1, 0.15) is 6.29 Å². The van der Waals surface area contributed by atoms with Gasteiger partial charge in [0.25, 0.3) is 0 Å². The predicted molar refractivity (Wildman–Crippen MR) is 60.0 cm³/mol. The summed E-state index contributed by atoms with van der Waals surface area (Å²) in [6.45, 7) is 1.59. The second-order valence-electron chi connectivity index (χ2n) is 3.19. The van der Waals surface area contributed by atoms with Crippen molar-refractivity contribution in [2.45, 2.75) is 13.0 Å². The van der Waals surface area contributed by atoms with Gasteiger partial charge in [0.15, 0.2) is 0 Å². The molecule has 16 heavy (non-hydrogen) atoms. The average molecular weight is 222 g/mol. The number of nitrogens with zero attached hydrogens (tertiary/aromatic N) is 1. The molecule has 1 aromatic rings. The van der Waals surface area contributed by atoms with Crippen LogP contribution in [0.5, 0.6) is 0 Å². The van der Waals surface area contributed by atoms with Crippen molar-refractivity contribution in [2.24, 2.45) is 0 Å². The molecule has 0 spiro atoms. The van der Waals surface area contributed by atoms with Crippen LogP contribution in [0.2, 0.25) is 0 Å². The fraction of sp³-hybridized carbons (Fsp3) is 0.273. The molecule has 0 radical (unpaired) electrons. The zero-order valence-electron chi connectivity index (χ0n) is 9.21. The molecule has 86 valence electrons. The summed E-state index contributed by atoms with van der Waals surface area (Å²) in [5.74, 6) is 0. The van der Waals surface area contributed by atoms with E-state index in [4.69, 9.17) is 4.84 Å². The van der Waals surface area contributed by atoms with Crippen LogP contribution in [0.3, 0.4) is 0 Å². The number of benzene rings is 1. The Hall–Kier alpha value is -1.88. The summed E-state index contributed by atoms with van der Waals surface area (Å²) in [7, 11) is 1.39. The number of carbonyl (C=O) groups is 2. The highest BCUT2D eigenvalue weighted by atomic mass is 16.7. The smallest absolute Gasteiger partial charge is 0.327 e. The topological polar surface area (TPSA) is 58.6 Å². The van der Waals surface area contributed by atoms with Crippen LogP contribution in [0.1, 0.15) is 6.92 Å². The van der Waals surface area contributed by atoms with Crippen LogP contribution >= 0.6 is 0 Å². The highest BCUT2D eigenvalue weighted by Crippen LogP contribution is 2.12. The average Bonchev–Trinajstić information content (AvgIpc) is 2.31. The monoisotopic (exact) mass is 222 g/mol. The molecule has 0 aliphatic carbocycles. The Labute approximate surface area is 94.0 Å². The van der Waals surface area contributed by atoms with Crippen LogP contribution in [0.15, 0.2) is 30.3 Å². The maximum absolute atomic E-state index is 11.7. The zero-order valence-corrected chi connectivity index (χ0v) is 9.21. The lowest BCUT2D eigenvalue weighted by Gasteiger charge is -2.20. The van der Waals surface area contributed by atoms with Crippen LogP contribution in [-0.2, 0) is 9.63 Å². The fourth-order valence-corrected chi connectivity index (χ4v) is 1.16. The third-order valence-electron chi connectivity index (χ3n) is 1.91. The minimum absolute atomic E-state index is 0.478. The van der Waals surface area contributed by atoms with E-state index in [1.165, 1.54) is 7.11 Å². The van der Waals surface area contributed by atoms with Gasteiger partial charge in [-0.1, -0.05) is 18.2 Å². The van der Waals surface area contributed by atoms with Crippen molar-refractivity contribution < 1.29 is 14.4 Å². The Morgan fingerprint density at radius 2 is 2.06 bits per heavy atom. The number of para-hydroxylation sites is 1. The van der Waals surface area contributed by atoms with Gasteiger partial charge in [0, 0.05) is 0 Å². The van der Waals surface area contributed by atoms with Crippen LogP contribution < -0.4 is 10.4 Å². The molecule has 0 aliphatic rings. The van der Waals surface area contributed by atoms with Crippen LogP contribution in [0.4, 0.5) is 10.5 Å². The number of anilines is 1. The maximum atomic E-state index is 11.7. The summed E-state index contributed by atoms with van der Waals surface area (Å²) in [4.78, 5) is 27.0. The van der Waals surface area contributed by atoms with Gasteiger partial charge in [-0.15, -0.1) is 0 Å². The van der Waals surface area contributed by atoms with Crippen LogP contribution in [0.25, 0.3) is 0 Å². The normalized spacial score (nSPS) is 11.6. The molecule has 0 aromatic heterocycles. The van der Waals surface area contributed by atoms with Crippen molar-refractivity contribution in [3.63, 3.8) is 0 Å². The van der Waals surface area contributed by atoms with E-state index in [0.717, 1.165) is 5.06 Å². The first-order valence-electron chi connectivity index (χ1n) is 4.84. The molecule has 0 bridgehead atoms. The number of hydrogen-bond donors (Lipinski definition) is 1. The Morgan fingerprint density at radius 3 is 2.56 bits per heavy atom. The van der Waals surface area contributed by atoms with Crippen LogP contribution in [0, 0.1) is 0 Å². The van der Waals surface area contributed by atoms with Gasteiger partial charge in [0.2, 0.25) is 0 Å². The lowest BCUT2D eigenvalue weighted by atomic mass is 10.3. The minimum atomic E-state index is -0.547. The first kappa shape index (κ1) is 12.2. The van der Waals surface area contributed by atoms with E-state index in [0.29, 0.717) is 12.0 Å². The molecule has 0 saturated heterocycles. The highest BCUT2D eigenvalue weighted by Gasteiger charge is 2.16. The number of hydrogen-bond acceptors (Lipinski definition) is 3. The third kappa shape index (κ3) is 3.06. The van der Waals surface area contributed by atoms with E-state index < -0.39 is 12.1 Å². The summed E-state index contributed by atoms with van der Waals surface area (Å²) in [6.07, 6.45) is 0.650. The van der Waals surface area contributed by atoms with Crippen LogP contribution in [-0.4, -0.2) is 25.5 Å². The van der Waals surface area contributed by atoms with E-state index >= 15 is 0 Å². The quantitative estimate of drug-likeness (QED) is 0.618. The molecule has 1 aromatic carbocycles. The zero-order chi connectivity index (χ0) is 12.0. The Morgan fingerprint density at radius 1 is 1.44 bits per heavy atom. The number of aldehydes is 1. The molecule has 0 aliphatic heterocycles. The summed E-state index contributed by atoms with van der Waals surface area (Å²) in [6, 6.07) is 7.85. The predicted octanol–water partition coefficient (Wildman–Crippen LogP) is 1.35. The Balaban J connectivity index is 2.75. The lowest BCUT2D eigenvalue weighted by molar-refractivity contribution is -0.109. The number of nitrogens with one attached hydrogen (secondary N) is 1. The molecule has 5 heteroatoms. The number of rotatable bonds is 4. The van der Waals surface area contributed by atoms with Gasteiger partial charge in [0.05, 0.1) is 18.8 Å². The molecular weight excluding hydrogens is 208 g/mol. The fourth-order valence-electron chi connectivity index (χ4n) is 1.16. The standard InChI is InChI=1S/C11H14N2O3/c1-9(8-14)12-11(15)13(16-2)10-6-4-3-5-7-10/h3-9H,1-2H3,(H,12,15)/t9-/m0/s1. The third-order valence-corrected chi connectivity index (χ3v) is 1.91. The number of amides is 2. The van der Waals surface area contributed by atoms with Crippen molar-refractivity contribution >= 4 is 18.0 Å². The molecule has 1 N–H and O–H groups in total. The number of urea groups is 1. The first-order chi connectivity index (χ1) is 7.69. The van der Waals surface area contributed by atoms with Gasteiger partial charge < -0.3 is 10.1 Å². The summed E-state index contributed by atoms with van der Waals surface area (Å²) < 4.78 is 0. The van der Waals surface area contributed by atoms with Crippen molar-refractivity contribution in [3.05, 3.63) is 30.3 Å². The SMILES string of the molecule is CON(C(=O)N[C@@H](C)C=O)c1ccccc1. The van der Waals surface area contributed by atoms with E-state index in [1.54, 1.807) is 31.2 Å². The molecular formula is C11H14N2O3. The van der Waals surface area contributed by atoms with Gasteiger partial charge in [-0.25, -0.2) is 4.79 Å². The summed E-state index contributed by atoms with van der Waals surface area (Å²) >= 11 is 0. The number of carbonyl (C=O) groups excluding carboxylic acids is 2. The van der Waals surface area contributed by atoms with Crippen molar-refractivity contribution in [3.8, 4) is 0 Å². The van der Waals surface area contributed by atoms with Gasteiger partial charge in [-0.05, 0) is 19.1 Å². The molecule has 0 saturated carbocycles. The van der Waals surface area contributed by atoms with E-state index in [2.05, 4.69) is 5.32 Å². The van der Waals surface area contributed by atoms with E-state index in [9.17, 15) is 9.59 Å². The highest BCUT2D eigenvalue weighted by molar-refractivity contribution is 5.91. The summed E-state index contributed by atoms with van der Waals surface area (Å²) in [5, 5.41) is 3.56. The Kier molecular flexibility index (Phi) is 4.47. The second kappa shape index (κ2) is 5.87. The van der Waals surface area contributed by atoms with Gasteiger partial charge in [-0.3, -0.25) is 4.84 Å². The molecule has 1 rings (SSSR count). The van der Waals surface area contributed by atoms with E-state index in [1.807, 2.05) is 6.07 Å². The molecule has 0 unspecified atom stereocenters. The lowest BCUT2D eigenvalue weighted by Crippen LogP contribution is -2.44. The first-order valence-corrected chi connectivity index (χ1v) is 4.84. The molecule has 0 fully saturated rings. The van der Waals surface area contributed by atoms with E-state index in [-0.39, 0.29) is 0 Å². The van der Waals surface area contributed by atoms with Crippen molar-refractivity contribution in [1.82, 2.24) is 5.32 Å². The summed E-state index contributed by atoms with van der Waals surface area (Å²) in [5.41, 5.74) is 0.598. The van der Waals surface area contributed by atoms with Crippen molar-refractivity contribution in [1.29, 1.82) is 0 Å². The molecule has 0 heterocycles. The molecule has 5 nitrogen and oxygen atoms in total.